The van der Waals surface area contributed by atoms with Gasteiger partial charge in [0.2, 0.25) is 0 Å². The summed E-state index contributed by atoms with van der Waals surface area (Å²) in [5.41, 5.74) is 6.45. The molecule has 0 spiro atoms. The molecule has 5 N–H and O–H groups in total. The summed E-state index contributed by atoms with van der Waals surface area (Å²) >= 11 is 1.48. The number of nitrogens with two attached hydrogens (primary N) is 1. The molecule has 0 aliphatic rings. The summed E-state index contributed by atoms with van der Waals surface area (Å²) in [6.07, 6.45) is 0. The quantitative estimate of drug-likeness (QED) is 0.732. The molecule has 5 heteroatoms. The average molecular weight is 197 g/mol. The lowest BCUT2D eigenvalue weighted by molar-refractivity contribution is 0.415. The highest BCUT2D eigenvalue weighted by Crippen LogP contribution is 2.26. The van der Waals surface area contributed by atoms with Gasteiger partial charge in [-0.1, -0.05) is 11.3 Å². The van der Waals surface area contributed by atoms with Crippen LogP contribution in [0.25, 0.3) is 10.2 Å². The molecule has 1 heterocycles. The number of ether oxygens (including phenoxy) is 1. The van der Waals surface area contributed by atoms with E-state index in [2.05, 4.69) is 4.98 Å². The Bertz CT molecular complexity index is 413. The monoisotopic (exact) mass is 197 g/mol. The molecule has 0 unspecified atom stereocenters. The third-order valence-corrected chi connectivity index (χ3v) is 2.48. The summed E-state index contributed by atoms with van der Waals surface area (Å²) in [7, 11) is 1.64. The van der Waals surface area contributed by atoms with Crippen molar-refractivity contribution in [3.05, 3.63) is 18.2 Å². The Balaban J connectivity index is 0.000000845. The van der Waals surface area contributed by atoms with E-state index in [0.717, 1.165) is 16.0 Å². The van der Waals surface area contributed by atoms with Crippen LogP contribution in [0.3, 0.4) is 0 Å². The summed E-state index contributed by atoms with van der Waals surface area (Å²) in [6, 6.07) is 5.74. The van der Waals surface area contributed by atoms with Gasteiger partial charge in [-0.3, -0.25) is 0 Å². The predicted octanol–water partition coefficient (Wildman–Crippen LogP) is 2.05. The standard InChI is InChI=1S/C8H8N2OS.H3N/c1-11-5-2-3-7-6(4-5)10-8(9)12-7;/h2-4H,1H3,(H2,9,10);1H3. The first-order chi connectivity index (χ1) is 5.79. The highest BCUT2D eigenvalue weighted by Gasteiger charge is 2.00. The van der Waals surface area contributed by atoms with Crippen molar-refractivity contribution in [1.29, 1.82) is 0 Å². The zero-order chi connectivity index (χ0) is 8.55. The SMILES string of the molecule is COc1ccc2sc(N)nc2c1.N. The number of thiazole rings is 1. The molecule has 0 saturated carbocycles. The Morgan fingerprint density at radius 3 is 2.92 bits per heavy atom. The minimum atomic E-state index is 0. The average Bonchev–Trinajstić information content (AvgIpc) is 2.43. The van der Waals surface area contributed by atoms with Gasteiger partial charge in [-0.05, 0) is 12.1 Å². The van der Waals surface area contributed by atoms with Crippen LogP contribution >= 0.6 is 11.3 Å². The highest BCUT2D eigenvalue weighted by atomic mass is 32.1. The first-order valence-electron chi connectivity index (χ1n) is 3.49. The van der Waals surface area contributed by atoms with E-state index in [-0.39, 0.29) is 6.15 Å². The largest absolute Gasteiger partial charge is 0.497 e. The van der Waals surface area contributed by atoms with Crippen LogP contribution in [0.15, 0.2) is 18.2 Å². The van der Waals surface area contributed by atoms with E-state index in [4.69, 9.17) is 10.5 Å². The zero-order valence-corrected chi connectivity index (χ0v) is 8.10. The van der Waals surface area contributed by atoms with Crippen molar-refractivity contribution in [2.24, 2.45) is 0 Å². The molecule has 0 aliphatic carbocycles. The van der Waals surface area contributed by atoms with Gasteiger partial charge in [0.15, 0.2) is 5.13 Å². The van der Waals surface area contributed by atoms with Crippen molar-refractivity contribution in [2.45, 2.75) is 0 Å². The molecule has 0 aliphatic heterocycles. The summed E-state index contributed by atoms with van der Waals surface area (Å²) < 4.78 is 6.15. The minimum absolute atomic E-state index is 0. The van der Waals surface area contributed by atoms with E-state index in [1.165, 1.54) is 11.3 Å². The van der Waals surface area contributed by atoms with Crippen molar-refractivity contribution in [3.8, 4) is 5.75 Å². The number of aromatic nitrogens is 1. The highest BCUT2D eigenvalue weighted by molar-refractivity contribution is 7.22. The van der Waals surface area contributed by atoms with Gasteiger partial charge >= 0.3 is 0 Å². The second-order valence-corrected chi connectivity index (χ2v) is 3.45. The number of nitrogens with zero attached hydrogens (tertiary/aromatic N) is 1. The summed E-state index contributed by atoms with van der Waals surface area (Å²) in [6.45, 7) is 0. The van der Waals surface area contributed by atoms with Crippen LogP contribution in [0.5, 0.6) is 5.75 Å². The molecule has 2 aromatic rings. The van der Waals surface area contributed by atoms with Crippen LogP contribution in [-0.4, -0.2) is 12.1 Å². The van der Waals surface area contributed by atoms with E-state index in [0.29, 0.717) is 5.13 Å². The van der Waals surface area contributed by atoms with Crippen LogP contribution in [-0.2, 0) is 0 Å². The van der Waals surface area contributed by atoms with Gasteiger partial charge in [-0.15, -0.1) is 0 Å². The number of fused-ring (bicyclic) bond motifs is 1. The molecule has 0 saturated heterocycles. The maximum atomic E-state index is 5.55. The lowest BCUT2D eigenvalue weighted by Crippen LogP contribution is -1.82. The maximum Gasteiger partial charge on any atom is 0.181 e. The zero-order valence-electron chi connectivity index (χ0n) is 7.28. The smallest absolute Gasteiger partial charge is 0.181 e. The number of methoxy groups -OCH3 is 1. The first-order valence-corrected chi connectivity index (χ1v) is 4.31. The van der Waals surface area contributed by atoms with Crippen molar-refractivity contribution >= 4 is 26.7 Å². The maximum absolute atomic E-state index is 5.55. The fourth-order valence-electron chi connectivity index (χ4n) is 1.05. The van der Waals surface area contributed by atoms with Gasteiger partial charge in [0, 0.05) is 6.07 Å². The number of anilines is 1. The Hall–Kier alpha value is -1.33. The molecule has 13 heavy (non-hydrogen) atoms. The molecule has 0 radical (unpaired) electrons. The Labute approximate surface area is 79.9 Å². The molecule has 2 rings (SSSR count). The van der Waals surface area contributed by atoms with Gasteiger partial charge in [-0.25, -0.2) is 4.98 Å². The van der Waals surface area contributed by atoms with E-state index in [9.17, 15) is 0 Å². The van der Waals surface area contributed by atoms with E-state index in [1.807, 2.05) is 18.2 Å². The van der Waals surface area contributed by atoms with Crippen LogP contribution in [0.4, 0.5) is 5.13 Å². The fraction of sp³-hybridized carbons (Fsp3) is 0.125. The second-order valence-electron chi connectivity index (χ2n) is 2.39. The van der Waals surface area contributed by atoms with E-state index >= 15 is 0 Å². The number of hydrogen-bond acceptors (Lipinski definition) is 5. The van der Waals surface area contributed by atoms with Crippen LogP contribution in [0, 0.1) is 0 Å². The number of rotatable bonds is 1. The lowest BCUT2D eigenvalue weighted by Gasteiger charge is -1.96. The van der Waals surface area contributed by atoms with Gasteiger partial charge < -0.3 is 16.6 Å². The summed E-state index contributed by atoms with van der Waals surface area (Å²) in [5, 5.41) is 0.596. The van der Waals surface area contributed by atoms with Gasteiger partial charge in [0.05, 0.1) is 17.3 Å². The Morgan fingerprint density at radius 1 is 1.46 bits per heavy atom. The van der Waals surface area contributed by atoms with Crippen molar-refractivity contribution in [2.75, 3.05) is 12.8 Å². The molecule has 0 bridgehead atoms. The van der Waals surface area contributed by atoms with Crippen LogP contribution < -0.4 is 16.6 Å². The third kappa shape index (κ3) is 1.71. The van der Waals surface area contributed by atoms with Crippen LogP contribution in [0.2, 0.25) is 0 Å². The van der Waals surface area contributed by atoms with Gasteiger partial charge in [0.25, 0.3) is 0 Å². The number of nitrogen functional groups attached to an aromatic ring is 1. The molecule has 0 atom stereocenters. The van der Waals surface area contributed by atoms with E-state index < -0.39 is 0 Å². The molecular formula is C8H11N3OS. The normalized spacial score (nSPS) is 9.62. The predicted molar refractivity (Wildman–Crippen MR) is 55.6 cm³/mol. The molecule has 4 nitrogen and oxygen atoms in total. The summed E-state index contributed by atoms with van der Waals surface area (Å²) in [4.78, 5) is 4.14. The van der Waals surface area contributed by atoms with Crippen molar-refractivity contribution < 1.29 is 4.74 Å². The minimum Gasteiger partial charge on any atom is -0.497 e. The van der Waals surface area contributed by atoms with Gasteiger partial charge in [-0.2, -0.15) is 0 Å². The Kier molecular flexibility index (Phi) is 2.69. The Morgan fingerprint density at radius 2 is 2.23 bits per heavy atom. The molecule has 1 aromatic carbocycles. The van der Waals surface area contributed by atoms with Crippen LogP contribution in [0.1, 0.15) is 0 Å². The van der Waals surface area contributed by atoms with E-state index in [1.54, 1.807) is 7.11 Å². The van der Waals surface area contributed by atoms with Crippen molar-refractivity contribution in [1.82, 2.24) is 11.1 Å². The van der Waals surface area contributed by atoms with Gasteiger partial charge in [0.1, 0.15) is 5.75 Å². The molecule has 1 aromatic heterocycles. The molecule has 0 amide bonds. The first kappa shape index (κ1) is 9.76. The molecular weight excluding hydrogens is 186 g/mol. The lowest BCUT2D eigenvalue weighted by atomic mass is 10.3. The second kappa shape index (κ2) is 3.59. The topological polar surface area (TPSA) is 83.1 Å². The molecule has 0 fully saturated rings. The van der Waals surface area contributed by atoms with Crippen molar-refractivity contribution in [3.63, 3.8) is 0 Å². The fourth-order valence-corrected chi connectivity index (χ4v) is 1.77. The molecule has 70 valence electrons. The summed E-state index contributed by atoms with van der Waals surface area (Å²) in [5.74, 6) is 0.813. The third-order valence-electron chi connectivity index (χ3n) is 1.61. The number of hydrogen-bond donors (Lipinski definition) is 2. The number of benzene rings is 1.